The number of carbonyl (C=O) groups is 3. The fraction of sp³-hybridized carbons (Fsp3) is 0.542. The smallest absolute Gasteiger partial charge is 0.243 e. The first-order valence-corrected chi connectivity index (χ1v) is 12.7. The maximum atomic E-state index is 13.4. The number of para-hydroxylation sites is 1. The van der Waals surface area contributed by atoms with Crippen molar-refractivity contribution in [1.82, 2.24) is 15.2 Å². The van der Waals surface area contributed by atoms with E-state index in [9.17, 15) is 14.4 Å². The van der Waals surface area contributed by atoms with E-state index in [1.807, 2.05) is 24.3 Å². The van der Waals surface area contributed by atoms with Gasteiger partial charge in [-0.05, 0) is 50.2 Å². The largest absolute Gasteiger partial charge is 0.370 e. The summed E-state index contributed by atoms with van der Waals surface area (Å²) in [7, 11) is 0. The number of aliphatic imine (C=N–C) groups is 1. The Kier molecular flexibility index (Phi) is 7.45. The average molecular weight is 485 g/mol. The van der Waals surface area contributed by atoms with E-state index in [-0.39, 0.29) is 29.6 Å². The number of nitrogens with zero attached hydrogens (tertiary/aromatic N) is 3. The molecule has 2 fully saturated rings. The zero-order chi connectivity index (χ0) is 24.2. The van der Waals surface area contributed by atoms with E-state index in [2.05, 4.69) is 15.3 Å². The quantitative estimate of drug-likeness (QED) is 0.227. The highest BCUT2D eigenvalue weighted by atomic mass is 32.1. The number of hydrogen-bond donors (Lipinski definition) is 3. The lowest BCUT2D eigenvalue weighted by molar-refractivity contribution is -0.139. The second-order valence-electron chi connectivity index (χ2n) is 9.15. The molecule has 1 aliphatic heterocycles. The highest BCUT2D eigenvalue weighted by Crippen LogP contribution is 2.40. The Labute approximate surface area is 203 Å². The zero-order valence-corrected chi connectivity index (χ0v) is 20.2. The molecule has 2 aromatic rings. The maximum Gasteiger partial charge on any atom is 0.243 e. The van der Waals surface area contributed by atoms with Crippen LogP contribution in [-0.2, 0) is 9.59 Å². The van der Waals surface area contributed by atoms with Crippen molar-refractivity contribution in [3.63, 3.8) is 0 Å². The molecule has 5 N–H and O–H groups in total. The van der Waals surface area contributed by atoms with Crippen LogP contribution in [0.15, 0.2) is 29.3 Å². The van der Waals surface area contributed by atoms with Crippen LogP contribution in [0.25, 0.3) is 10.2 Å². The molecule has 1 aliphatic carbocycles. The first-order chi connectivity index (χ1) is 16.3. The molecule has 0 spiro atoms. The number of nitrogens with one attached hydrogen (secondary N) is 1. The first kappa shape index (κ1) is 24.1. The Morgan fingerprint density at radius 2 is 2.00 bits per heavy atom. The third-order valence-electron chi connectivity index (χ3n) is 6.84. The summed E-state index contributed by atoms with van der Waals surface area (Å²) in [6.07, 6.45) is 5.70. The number of nitrogens with two attached hydrogens (primary N) is 2. The van der Waals surface area contributed by atoms with Crippen LogP contribution in [-0.4, -0.2) is 58.1 Å². The number of thiazole rings is 1. The monoisotopic (exact) mass is 484 g/mol. The van der Waals surface area contributed by atoms with Crippen molar-refractivity contribution >= 4 is 45.1 Å². The molecular formula is C24H32N6O3S. The first-order valence-electron chi connectivity index (χ1n) is 11.9. The molecule has 2 heterocycles. The van der Waals surface area contributed by atoms with Gasteiger partial charge in [-0.15, -0.1) is 11.3 Å². The minimum Gasteiger partial charge on any atom is -0.370 e. The van der Waals surface area contributed by atoms with Crippen molar-refractivity contribution in [1.29, 1.82) is 0 Å². The zero-order valence-electron chi connectivity index (χ0n) is 19.4. The fourth-order valence-corrected chi connectivity index (χ4v) is 6.27. The van der Waals surface area contributed by atoms with E-state index in [1.54, 1.807) is 4.90 Å². The Morgan fingerprint density at radius 3 is 2.74 bits per heavy atom. The SMILES string of the molecule is CC(=O)N1C(C(=O)NC(CCCN=C(N)N)C(=O)c2nc3ccccc3s2)CC2CCCCC21. The lowest BCUT2D eigenvalue weighted by Gasteiger charge is -2.33. The van der Waals surface area contributed by atoms with E-state index >= 15 is 0 Å². The number of rotatable bonds is 8. The summed E-state index contributed by atoms with van der Waals surface area (Å²) in [6.45, 7) is 1.88. The van der Waals surface area contributed by atoms with Crippen molar-refractivity contribution < 1.29 is 14.4 Å². The highest BCUT2D eigenvalue weighted by molar-refractivity contribution is 7.20. The van der Waals surface area contributed by atoms with Gasteiger partial charge in [0.25, 0.3) is 0 Å². The summed E-state index contributed by atoms with van der Waals surface area (Å²) in [5.74, 6) is -0.260. The molecule has 1 saturated carbocycles. The van der Waals surface area contributed by atoms with E-state index in [0.717, 1.165) is 35.9 Å². The van der Waals surface area contributed by atoms with E-state index < -0.39 is 12.1 Å². The highest BCUT2D eigenvalue weighted by Gasteiger charge is 2.46. The van der Waals surface area contributed by atoms with Gasteiger partial charge in [0.05, 0.1) is 16.3 Å². The molecule has 34 heavy (non-hydrogen) atoms. The van der Waals surface area contributed by atoms with Crippen molar-refractivity contribution in [2.24, 2.45) is 22.4 Å². The van der Waals surface area contributed by atoms with E-state index in [4.69, 9.17) is 11.5 Å². The molecule has 1 aromatic heterocycles. The third-order valence-corrected chi connectivity index (χ3v) is 7.89. The minimum atomic E-state index is -0.765. The predicted molar refractivity (Wildman–Crippen MR) is 132 cm³/mol. The molecule has 10 heteroatoms. The number of fused-ring (bicyclic) bond motifs is 2. The summed E-state index contributed by atoms with van der Waals surface area (Å²) in [5, 5.41) is 3.32. The molecule has 182 valence electrons. The lowest BCUT2D eigenvalue weighted by Crippen LogP contribution is -2.52. The second-order valence-corrected chi connectivity index (χ2v) is 10.2. The van der Waals surface area contributed by atoms with Crippen LogP contribution in [0.4, 0.5) is 0 Å². The normalized spacial score (nSPS) is 22.7. The molecule has 9 nitrogen and oxygen atoms in total. The summed E-state index contributed by atoms with van der Waals surface area (Å²) < 4.78 is 0.916. The van der Waals surface area contributed by atoms with Gasteiger partial charge in [0, 0.05) is 19.5 Å². The van der Waals surface area contributed by atoms with Crippen molar-refractivity contribution in [2.75, 3.05) is 6.54 Å². The van der Waals surface area contributed by atoms with Crippen LogP contribution in [0.3, 0.4) is 0 Å². The van der Waals surface area contributed by atoms with Gasteiger partial charge >= 0.3 is 0 Å². The third kappa shape index (κ3) is 5.22. The number of Topliss-reactive ketones (excluding diaryl/α,β-unsaturated/α-hetero) is 1. The van der Waals surface area contributed by atoms with Crippen molar-refractivity contribution in [3.05, 3.63) is 29.3 Å². The minimum absolute atomic E-state index is 0.0104. The number of guanidine groups is 1. The Balaban J connectivity index is 1.53. The number of carbonyl (C=O) groups excluding carboxylic acids is 3. The number of likely N-dealkylation sites (tertiary alicyclic amines) is 1. The molecule has 1 saturated heterocycles. The maximum absolute atomic E-state index is 13.4. The Morgan fingerprint density at radius 1 is 1.24 bits per heavy atom. The van der Waals surface area contributed by atoms with Gasteiger partial charge in [0.2, 0.25) is 17.6 Å². The van der Waals surface area contributed by atoms with Gasteiger partial charge in [0.1, 0.15) is 6.04 Å². The van der Waals surface area contributed by atoms with Gasteiger partial charge < -0.3 is 21.7 Å². The molecule has 2 amide bonds. The molecule has 0 bridgehead atoms. The van der Waals surface area contributed by atoms with Crippen molar-refractivity contribution in [3.8, 4) is 0 Å². The van der Waals surface area contributed by atoms with E-state index in [1.165, 1.54) is 18.3 Å². The van der Waals surface area contributed by atoms with Crippen LogP contribution >= 0.6 is 11.3 Å². The fourth-order valence-electron chi connectivity index (χ4n) is 5.31. The number of aromatic nitrogens is 1. The summed E-state index contributed by atoms with van der Waals surface area (Å²) in [6, 6.07) is 6.36. The number of ketones is 1. The second kappa shape index (κ2) is 10.5. The van der Waals surface area contributed by atoms with Crippen LogP contribution in [0, 0.1) is 5.92 Å². The van der Waals surface area contributed by atoms with Gasteiger partial charge in [-0.25, -0.2) is 4.98 Å². The predicted octanol–water partition coefficient (Wildman–Crippen LogP) is 2.20. The Hall–Kier alpha value is -3.01. The number of benzene rings is 1. The number of amides is 2. The van der Waals surface area contributed by atoms with Gasteiger partial charge in [-0.3, -0.25) is 19.4 Å². The standard InChI is InChI=1S/C24H32N6O3S/c1-14(31)30-18-10-4-2-7-15(18)13-19(30)22(33)28-17(9-6-12-27-24(25)26)21(32)23-29-16-8-3-5-11-20(16)34-23/h3,5,8,11,15,17-19H,2,4,6-7,9-10,12-13H2,1H3,(H,28,33)(H4,25,26,27). The summed E-state index contributed by atoms with van der Waals surface area (Å²) >= 11 is 1.31. The van der Waals surface area contributed by atoms with Gasteiger partial charge in [0.15, 0.2) is 11.0 Å². The molecule has 4 atom stereocenters. The van der Waals surface area contributed by atoms with Crippen LogP contribution in [0.5, 0.6) is 0 Å². The summed E-state index contributed by atoms with van der Waals surface area (Å²) in [5.41, 5.74) is 11.6. The van der Waals surface area contributed by atoms with Gasteiger partial charge in [-0.2, -0.15) is 0 Å². The van der Waals surface area contributed by atoms with Crippen LogP contribution < -0.4 is 16.8 Å². The Bertz CT molecular complexity index is 1060. The van der Waals surface area contributed by atoms with Crippen LogP contribution in [0.2, 0.25) is 0 Å². The molecule has 1 aromatic carbocycles. The average Bonchev–Trinajstić information content (AvgIpc) is 3.42. The van der Waals surface area contributed by atoms with E-state index in [0.29, 0.717) is 36.7 Å². The molecule has 0 radical (unpaired) electrons. The van der Waals surface area contributed by atoms with Crippen molar-refractivity contribution in [2.45, 2.75) is 70.0 Å². The molecule has 2 aliphatic rings. The topological polar surface area (TPSA) is 144 Å². The lowest BCUT2D eigenvalue weighted by atomic mass is 9.84. The molecular weight excluding hydrogens is 452 g/mol. The molecule has 4 unspecified atom stereocenters. The van der Waals surface area contributed by atoms with Crippen LogP contribution in [0.1, 0.15) is 61.7 Å². The summed E-state index contributed by atoms with van der Waals surface area (Å²) in [4.78, 5) is 49.5. The molecule has 4 rings (SSSR count). The number of hydrogen-bond acceptors (Lipinski definition) is 6. The van der Waals surface area contributed by atoms with Gasteiger partial charge in [-0.1, -0.05) is 25.0 Å².